The SMILES string of the molecule is COCCCn1c(-c2cccc(OC)c2)nc2c1c(=O)[nH]c(=O)n2Cc1ccccc1. The number of aryl methyl sites for hydroxylation is 1. The molecule has 2 heterocycles. The monoisotopic (exact) mass is 420 g/mol. The quantitative estimate of drug-likeness (QED) is 0.443. The number of aromatic amines is 1. The molecule has 4 aromatic rings. The summed E-state index contributed by atoms with van der Waals surface area (Å²) in [4.78, 5) is 32.8. The third-order valence-corrected chi connectivity index (χ3v) is 5.13. The number of benzene rings is 2. The number of H-pyrrole nitrogens is 1. The molecule has 4 rings (SSSR count). The largest absolute Gasteiger partial charge is 0.497 e. The fraction of sp³-hybridized carbons (Fsp3) is 0.261. The topological polar surface area (TPSA) is 91.1 Å². The van der Waals surface area contributed by atoms with Crippen molar-refractivity contribution in [1.29, 1.82) is 0 Å². The molecule has 0 saturated heterocycles. The number of ether oxygens (including phenoxy) is 2. The molecule has 0 aliphatic heterocycles. The Balaban J connectivity index is 1.95. The highest BCUT2D eigenvalue weighted by atomic mass is 16.5. The first kappa shape index (κ1) is 20.6. The lowest BCUT2D eigenvalue weighted by Gasteiger charge is -2.10. The first-order valence-corrected chi connectivity index (χ1v) is 10.0. The fourth-order valence-corrected chi connectivity index (χ4v) is 3.65. The second kappa shape index (κ2) is 9.01. The van der Waals surface area contributed by atoms with Crippen molar-refractivity contribution < 1.29 is 9.47 Å². The normalized spacial score (nSPS) is 11.2. The molecule has 0 aliphatic rings. The predicted octanol–water partition coefficient (Wildman–Crippen LogP) is 2.65. The van der Waals surface area contributed by atoms with Crippen LogP contribution in [-0.4, -0.2) is 39.9 Å². The predicted molar refractivity (Wildman–Crippen MR) is 119 cm³/mol. The average molecular weight is 420 g/mol. The second-order valence-electron chi connectivity index (χ2n) is 7.17. The fourth-order valence-electron chi connectivity index (χ4n) is 3.65. The van der Waals surface area contributed by atoms with Crippen LogP contribution in [0.25, 0.3) is 22.6 Å². The van der Waals surface area contributed by atoms with E-state index in [0.29, 0.717) is 48.9 Å². The Kier molecular flexibility index (Phi) is 5.99. The van der Waals surface area contributed by atoms with Crippen molar-refractivity contribution in [1.82, 2.24) is 19.1 Å². The molecule has 0 spiro atoms. The van der Waals surface area contributed by atoms with E-state index in [4.69, 9.17) is 14.5 Å². The van der Waals surface area contributed by atoms with Crippen LogP contribution in [-0.2, 0) is 17.8 Å². The zero-order valence-electron chi connectivity index (χ0n) is 17.5. The average Bonchev–Trinajstić information content (AvgIpc) is 3.17. The van der Waals surface area contributed by atoms with Gasteiger partial charge in [0.15, 0.2) is 11.2 Å². The van der Waals surface area contributed by atoms with Crippen molar-refractivity contribution in [3.8, 4) is 17.1 Å². The number of hydrogen-bond donors (Lipinski definition) is 1. The highest BCUT2D eigenvalue weighted by molar-refractivity contribution is 5.77. The van der Waals surface area contributed by atoms with Crippen LogP contribution >= 0.6 is 0 Å². The van der Waals surface area contributed by atoms with Crippen LogP contribution in [0.2, 0.25) is 0 Å². The van der Waals surface area contributed by atoms with Gasteiger partial charge in [-0.05, 0) is 24.1 Å². The Bertz CT molecular complexity index is 1300. The van der Waals surface area contributed by atoms with Crippen molar-refractivity contribution in [3.05, 3.63) is 81.0 Å². The van der Waals surface area contributed by atoms with Gasteiger partial charge in [0.1, 0.15) is 11.6 Å². The molecule has 0 aliphatic carbocycles. The molecule has 8 heteroatoms. The van der Waals surface area contributed by atoms with E-state index >= 15 is 0 Å². The summed E-state index contributed by atoms with van der Waals surface area (Å²) >= 11 is 0. The maximum Gasteiger partial charge on any atom is 0.330 e. The molecule has 0 radical (unpaired) electrons. The van der Waals surface area contributed by atoms with E-state index in [2.05, 4.69) is 4.98 Å². The summed E-state index contributed by atoms with van der Waals surface area (Å²) in [6.45, 7) is 1.36. The smallest absolute Gasteiger partial charge is 0.330 e. The molecule has 0 bridgehead atoms. The zero-order chi connectivity index (χ0) is 21.8. The van der Waals surface area contributed by atoms with E-state index in [1.54, 1.807) is 14.2 Å². The van der Waals surface area contributed by atoms with Crippen molar-refractivity contribution >= 4 is 11.2 Å². The molecule has 2 aromatic heterocycles. The van der Waals surface area contributed by atoms with Crippen LogP contribution in [0.5, 0.6) is 5.75 Å². The van der Waals surface area contributed by atoms with E-state index in [1.165, 1.54) is 4.57 Å². The summed E-state index contributed by atoms with van der Waals surface area (Å²) in [5.74, 6) is 1.28. The summed E-state index contributed by atoms with van der Waals surface area (Å²) in [6, 6.07) is 17.1. The minimum Gasteiger partial charge on any atom is -0.497 e. The molecule has 8 nitrogen and oxygen atoms in total. The van der Waals surface area contributed by atoms with Crippen LogP contribution < -0.4 is 16.0 Å². The van der Waals surface area contributed by atoms with Crippen molar-refractivity contribution in [2.24, 2.45) is 0 Å². The highest BCUT2D eigenvalue weighted by Crippen LogP contribution is 2.26. The number of aromatic nitrogens is 4. The second-order valence-corrected chi connectivity index (χ2v) is 7.17. The van der Waals surface area contributed by atoms with Gasteiger partial charge in [0.2, 0.25) is 0 Å². The number of rotatable bonds is 8. The Morgan fingerprint density at radius 1 is 1.00 bits per heavy atom. The molecule has 0 atom stereocenters. The van der Waals surface area contributed by atoms with Crippen molar-refractivity contribution in [2.45, 2.75) is 19.5 Å². The standard InChI is InChI=1S/C23H24N4O4/c1-30-13-7-12-26-19-21(24-20(26)17-10-6-11-18(14-17)31-2)27(23(29)25-22(19)28)15-16-8-4-3-5-9-16/h3-6,8-11,14H,7,12-13,15H2,1-2H3,(H,25,28,29). The lowest BCUT2D eigenvalue weighted by molar-refractivity contribution is 0.191. The maximum atomic E-state index is 12.8. The van der Waals surface area contributed by atoms with Gasteiger partial charge in [-0.15, -0.1) is 0 Å². The van der Waals surface area contributed by atoms with Gasteiger partial charge in [0.05, 0.1) is 13.7 Å². The van der Waals surface area contributed by atoms with Crippen LogP contribution in [0.4, 0.5) is 0 Å². The first-order valence-electron chi connectivity index (χ1n) is 10.0. The van der Waals surface area contributed by atoms with E-state index in [-0.39, 0.29) is 0 Å². The van der Waals surface area contributed by atoms with Crippen molar-refractivity contribution in [2.75, 3.05) is 20.8 Å². The van der Waals surface area contributed by atoms with E-state index in [9.17, 15) is 9.59 Å². The Morgan fingerprint density at radius 3 is 2.55 bits per heavy atom. The zero-order valence-corrected chi connectivity index (χ0v) is 17.5. The van der Waals surface area contributed by atoms with Gasteiger partial charge in [-0.1, -0.05) is 42.5 Å². The third kappa shape index (κ3) is 4.15. The van der Waals surface area contributed by atoms with Crippen LogP contribution in [0, 0.1) is 0 Å². The minimum absolute atomic E-state index is 0.305. The van der Waals surface area contributed by atoms with Crippen LogP contribution in [0.15, 0.2) is 64.2 Å². The molecule has 0 amide bonds. The molecule has 160 valence electrons. The lowest BCUT2D eigenvalue weighted by atomic mass is 10.2. The summed E-state index contributed by atoms with van der Waals surface area (Å²) in [6.07, 6.45) is 0.691. The van der Waals surface area contributed by atoms with Crippen LogP contribution in [0.3, 0.4) is 0 Å². The number of imidazole rings is 1. The Morgan fingerprint density at radius 2 is 1.81 bits per heavy atom. The van der Waals surface area contributed by atoms with Gasteiger partial charge >= 0.3 is 5.69 Å². The molecule has 0 unspecified atom stereocenters. The summed E-state index contributed by atoms with van der Waals surface area (Å²) in [5, 5.41) is 0. The molecule has 2 aromatic carbocycles. The summed E-state index contributed by atoms with van der Waals surface area (Å²) < 4.78 is 13.9. The molecular formula is C23H24N4O4. The lowest BCUT2D eigenvalue weighted by Crippen LogP contribution is -2.31. The molecule has 31 heavy (non-hydrogen) atoms. The van der Waals surface area contributed by atoms with E-state index < -0.39 is 11.2 Å². The van der Waals surface area contributed by atoms with E-state index in [0.717, 1.165) is 11.1 Å². The number of fused-ring (bicyclic) bond motifs is 1. The molecule has 1 N–H and O–H groups in total. The molecule has 0 saturated carbocycles. The molecule has 0 fully saturated rings. The van der Waals surface area contributed by atoms with Gasteiger partial charge < -0.3 is 14.0 Å². The summed E-state index contributed by atoms with van der Waals surface area (Å²) in [7, 11) is 3.24. The number of hydrogen-bond acceptors (Lipinski definition) is 5. The minimum atomic E-state index is -0.486. The maximum absolute atomic E-state index is 12.8. The number of nitrogens with zero attached hydrogens (tertiary/aromatic N) is 3. The van der Waals surface area contributed by atoms with Gasteiger partial charge in [-0.3, -0.25) is 14.3 Å². The first-order chi connectivity index (χ1) is 15.1. The Labute approximate surface area is 178 Å². The Hall–Kier alpha value is -3.65. The van der Waals surface area contributed by atoms with Gasteiger partial charge in [0.25, 0.3) is 5.56 Å². The van der Waals surface area contributed by atoms with Crippen molar-refractivity contribution in [3.63, 3.8) is 0 Å². The molecular weight excluding hydrogens is 396 g/mol. The van der Waals surface area contributed by atoms with Gasteiger partial charge in [0, 0.05) is 25.8 Å². The number of nitrogens with one attached hydrogen (secondary N) is 1. The summed E-state index contributed by atoms with van der Waals surface area (Å²) in [5.41, 5.74) is 1.52. The number of methoxy groups -OCH3 is 2. The third-order valence-electron chi connectivity index (χ3n) is 5.13. The van der Waals surface area contributed by atoms with E-state index in [1.807, 2.05) is 59.2 Å². The van der Waals surface area contributed by atoms with Gasteiger partial charge in [-0.2, -0.15) is 0 Å². The highest BCUT2D eigenvalue weighted by Gasteiger charge is 2.20. The van der Waals surface area contributed by atoms with Gasteiger partial charge in [-0.25, -0.2) is 9.78 Å². The van der Waals surface area contributed by atoms with Crippen LogP contribution in [0.1, 0.15) is 12.0 Å².